The average Bonchev–Trinajstić information content (AvgIpc) is 3.59. The highest BCUT2D eigenvalue weighted by molar-refractivity contribution is 5.93. The normalized spacial score (nSPS) is 31.8. The molecular weight excluding hydrogens is 607 g/mol. The van der Waals surface area contributed by atoms with Crippen molar-refractivity contribution in [2.24, 2.45) is 11.3 Å². The van der Waals surface area contributed by atoms with Gasteiger partial charge in [0.15, 0.2) is 5.69 Å². The molecule has 0 aromatic carbocycles. The van der Waals surface area contributed by atoms with Crippen LogP contribution in [0.2, 0.25) is 0 Å². The lowest BCUT2D eigenvalue weighted by Crippen LogP contribution is -2.71. The number of alkyl halides is 5. The number of imidazole rings is 1. The molecule has 3 aromatic heterocycles. The van der Waals surface area contributed by atoms with E-state index in [1.54, 1.807) is 0 Å². The number of piperidine rings is 1. The number of aromatic nitrogens is 6. The largest absolute Gasteiger partial charge is 0.384 e. The number of likely N-dealkylation sites (tertiary alicyclic amines) is 1. The molecule has 3 aromatic rings. The maximum absolute atomic E-state index is 14.3. The molecule has 2 bridgehead atoms. The maximum atomic E-state index is 14.3. The van der Waals surface area contributed by atoms with Gasteiger partial charge in [-0.2, -0.15) is 5.10 Å². The Bertz CT molecular complexity index is 1630. The number of halogens is 5. The molecule has 1 saturated heterocycles. The quantitative estimate of drug-likeness (QED) is 0.370. The number of nitrogens with zero attached hydrogens (tertiary/aromatic N) is 7. The van der Waals surface area contributed by atoms with Gasteiger partial charge in [-0.05, 0) is 56.5 Å². The molecule has 0 unspecified atom stereocenters. The van der Waals surface area contributed by atoms with Crippen LogP contribution in [0, 0.1) is 18.3 Å². The zero-order chi connectivity index (χ0) is 31.9. The van der Waals surface area contributed by atoms with Crippen LogP contribution in [0.1, 0.15) is 97.4 Å². The fourth-order valence-electron chi connectivity index (χ4n) is 7.51. The third kappa shape index (κ3) is 5.02. The Kier molecular flexibility index (Phi) is 6.73. The molecule has 4 saturated carbocycles. The van der Waals surface area contributed by atoms with Crippen molar-refractivity contribution < 1.29 is 41.3 Å². The van der Waals surface area contributed by atoms with Gasteiger partial charge in [0.2, 0.25) is 11.8 Å². The van der Waals surface area contributed by atoms with Gasteiger partial charge in [0.1, 0.15) is 17.0 Å². The first-order valence-electron chi connectivity index (χ1n) is 14.9. The monoisotopic (exact) mass is 638 g/mol. The van der Waals surface area contributed by atoms with Gasteiger partial charge in [-0.15, -0.1) is 0 Å². The Balaban J connectivity index is 1.20. The minimum absolute atomic E-state index is 0.00829. The predicted octanol–water partition coefficient (Wildman–Crippen LogP) is 3.66. The predicted molar refractivity (Wildman–Crippen MR) is 142 cm³/mol. The Hall–Kier alpha value is -3.76. The Morgan fingerprint density at radius 1 is 1.09 bits per heavy atom. The molecule has 1 aliphatic heterocycles. The summed E-state index contributed by atoms with van der Waals surface area (Å²) in [6.07, 6.45) is -1.45. The number of carbonyl (C=O) groups is 2. The van der Waals surface area contributed by atoms with Crippen LogP contribution < -0.4 is 5.32 Å². The average molecular weight is 639 g/mol. The highest BCUT2D eigenvalue weighted by Gasteiger charge is 2.74. The summed E-state index contributed by atoms with van der Waals surface area (Å²) in [5.41, 5.74) is -4.05. The Labute approximate surface area is 252 Å². The highest BCUT2D eigenvalue weighted by atomic mass is 19.3. The molecule has 12 nitrogen and oxygen atoms in total. The third-order valence-electron chi connectivity index (χ3n) is 10.1. The Morgan fingerprint density at radius 3 is 2.42 bits per heavy atom. The molecule has 0 spiro atoms. The second-order valence-electron chi connectivity index (χ2n) is 13.3. The minimum Gasteiger partial charge on any atom is -0.384 e. The van der Waals surface area contributed by atoms with E-state index in [0.29, 0.717) is 0 Å². The van der Waals surface area contributed by atoms with Gasteiger partial charge >= 0.3 is 0 Å². The SMILES string of the molecule is Cc1nonc1C(=O)N[C@H](c1cn2ncc([C@@H]3C[C@@](O)(C(F)F)CCN3C(=O)C34CC(F)(C3)C4)nc2n1)C1CCC(F)(F)CC1. The molecule has 8 rings (SSSR count). The van der Waals surface area contributed by atoms with Gasteiger partial charge < -0.3 is 15.3 Å². The summed E-state index contributed by atoms with van der Waals surface area (Å²) in [5.74, 6) is -4.22. The van der Waals surface area contributed by atoms with Gasteiger partial charge in [-0.1, -0.05) is 5.16 Å². The molecule has 45 heavy (non-hydrogen) atoms. The second-order valence-corrected chi connectivity index (χ2v) is 13.3. The summed E-state index contributed by atoms with van der Waals surface area (Å²) < 4.78 is 76.1. The van der Waals surface area contributed by atoms with Crippen LogP contribution in [0.4, 0.5) is 22.0 Å². The van der Waals surface area contributed by atoms with Crippen LogP contribution >= 0.6 is 0 Å². The summed E-state index contributed by atoms with van der Waals surface area (Å²) >= 11 is 0. The molecule has 5 aliphatic rings. The van der Waals surface area contributed by atoms with Crippen molar-refractivity contribution in [2.75, 3.05) is 6.54 Å². The topological polar surface area (TPSA) is 152 Å². The number of hydrogen-bond acceptors (Lipinski definition) is 9. The van der Waals surface area contributed by atoms with Crippen molar-refractivity contribution in [1.82, 2.24) is 40.1 Å². The van der Waals surface area contributed by atoms with Crippen molar-refractivity contribution in [3.8, 4) is 0 Å². The molecule has 4 heterocycles. The molecule has 3 atom stereocenters. The summed E-state index contributed by atoms with van der Waals surface area (Å²) in [6.45, 7) is 1.36. The summed E-state index contributed by atoms with van der Waals surface area (Å²) in [4.78, 5) is 37.1. The molecule has 5 fully saturated rings. The lowest BCUT2D eigenvalue weighted by atomic mass is 9.41. The number of carbonyl (C=O) groups excluding carboxylic acids is 2. The van der Waals surface area contributed by atoms with Crippen LogP contribution in [-0.4, -0.2) is 81.9 Å². The van der Waals surface area contributed by atoms with Crippen molar-refractivity contribution in [1.29, 1.82) is 0 Å². The van der Waals surface area contributed by atoms with Crippen molar-refractivity contribution in [3.05, 3.63) is 35.2 Å². The number of aliphatic hydroxyl groups is 1. The van der Waals surface area contributed by atoms with Crippen LogP contribution in [-0.2, 0) is 4.79 Å². The first-order valence-corrected chi connectivity index (χ1v) is 14.9. The molecule has 2 N–H and O–H groups in total. The van der Waals surface area contributed by atoms with Crippen LogP contribution in [0.15, 0.2) is 17.0 Å². The van der Waals surface area contributed by atoms with Gasteiger partial charge in [0.05, 0.1) is 41.3 Å². The zero-order valence-electron chi connectivity index (χ0n) is 24.2. The fourth-order valence-corrected chi connectivity index (χ4v) is 7.51. The van der Waals surface area contributed by atoms with E-state index < -0.39 is 59.4 Å². The first kappa shape index (κ1) is 29.9. The number of amides is 2. The van der Waals surface area contributed by atoms with E-state index in [4.69, 9.17) is 0 Å². The number of hydrogen-bond donors (Lipinski definition) is 2. The number of nitrogens with one attached hydrogen (secondary N) is 1. The molecule has 0 radical (unpaired) electrons. The van der Waals surface area contributed by atoms with Crippen LogP contribution in [0.3, 0.4) is 0 Å². The van der Waals surface area contributed by atoms with Crippen LogP contribution in [0.25, 0.3) is 5.78 Å². The summed E-state index contributed by atoms with van der Waals surface area (Å²) in [7, 11) is 0. The molecule has 4 aliphatic carbocycles. The number of fused-ring (bicyclic) bond motifs is 1. The van der Waals surface area contributed by atoms with Crippen LogP contribution in [0.5, 0.6) is 0 Å². The van der Waals surface area contributed by atoms with E-state index in [2.05, 4.69) is 35.3 Å². The Morgan fingerprint density at radius 2 is 1.80 bits per heavy atom. The van der Waals surface area contributed by atoms with Gasteiger partial charge in [0, 0.05) is 25.8 Å². The maximum Gasteiger partial charge on any atom is 0.276 e. The van der Waals surface area contributed by atoms with Gasteiger partial charge in [-0.3, -0.25) is 9.59 Å². The fraction of sp³-hybridized carbons (Fsp3) is 0.679. The van der Waals surface area contributed by atoms with E-state index in [1.165, 1.54) is 28.7 Å². The van der Waals surface area contributed by atoms with E-state index in [9.17, 15) is 36.6 Å². The molecule has 2 amide bonds. The minimum atomic E-state index is -3.08. The third-order valence-corrected chi connectivity index (χ3v) is 10.1. The van der Waals surface area contributed by atoms with E-state index >= 15 is 0 Å². The molecule has 17 heteroatoms. The zero-order valence-corrected chi connectivity index (χ0v) is 24.2. The smallest absolute Gasteiger partial charge is 0.276 e. The summed E-state index contributed by atoms with van der Waals surface area (Å²) in [5, 5.41) is 25.1. The van der Waals surface area contributed by atoms with Crippen molar-refractivity contribution >= 4 is 17.6 Å². The van der Waals surface area contributed by atoms with E-state index in [-0.39, 0.29) is 92.4 Å². The number of rotatable bonds is 7. The van der Waals surface area contributed by atoms with Crippen molar-refractivity contribution in [3.63, 3.8) is 0 Å². The standard InChI is InChI=1S/C28H31F5N8O4/c1-14-19(39-45-38-14)21(42)37-20(15-2-4-28(32,33)5-3-15)17-10-41-24(36-17)35-16(9-34-41)18-8-27(44,22(29)30)6-7-40(18)23(43)25-11-26(31,12-25)13-25/h9-10,15,18,20,22,44H,2-8,11-13H2,1H3,(H,37,42)/t18-,20-,25?,26?,27+/m0/s1. The van der Waals surface area contributed by atoms with E-state index in [0.717, 1.165) is 0 Å². The lowest BCUT2D eigenvalue weighted by Gasteiger charge is -2.65. The molecule has 242 valence electrons. The second kappa shape index (κ2) is 10.1. The van der Waals surface area contributed by atoms with E-state index in [1.807, 2.05) is 0 Å². The lowest BCUT2D eigenvalue weighted by molar-refractivity contribution is -0.228. The molecular formula is C28H31F5N8O4. The summed E-state index contributed by atoms with van der Waals surface area (Å²) in [6, 6.07) is -1.92. The van der Waals surface area contributed by atoms with Crippen molar-refractivity contribution in [2.45, 2.75) is 100 Å². The highest BCUT2D eigenvalue weighted by Crippen LogP contribution is 2.70. The first-order chi connectivity index (χ1) is 21.2. The number of aryl methyl sites for hydroxylation is 1. The van der Waals surface area contributed by atoms with Gasteiger partial charge in [-0.25, -0.2) is 41.1 Å². The van der Waals surface area contributed by atoms with Gasteiger partial charge in [0.25, 0.3) is 18.1 Å².